The number of hydrogen-bond acceptors (Lipinski definition) is 5. The standard InChI is InChI=1S/C11H15FN2O5S/c1-8(3-2-6-15)13-20(18,19)9-4-5-11(14(16)17)10(12)7-9/h4-5,7-8,13,15H,2-3,6H2,1H3. The van der Waals surface area contributed by atoms with Crippen LogP contribution in [0.1, 0.15) is 19.8 Å². The van der Waals surface area contributed by atoms with Gasteiger partial charge in [-0.15, -0.1) is 0 Å². The highest BCUT2D eigenvalue weighted by atomic mass is 32.2. The Hall–Kier alpha value is -1.58. The highest BCUT2D eigenvalue weighted by Crippen LogP contribution is 2.21. The maximum atomic E-state index is 13.4. The minimum absolute atomic E-state index is 0.0573. The lowest BCUT2D eigenvalue weighted by Crippen LogP contribution is -2.32. The summed E-state index contributed by atoms with van der Waals surface area (Å²) in [6, 6.07) is 1.95. The number of sulfonamides is 1. The van der Waals surface area contributed by atoms with E-state index < -0.39 is 32.5 Å². The van der Waals surface area contributed by atoms with E-state index >= 15 is 0 Å². The fourth-order valence-electron chi connectivity index (χ4n) is 1.59. The number of halogens is 1. The fraction of sp³-hybridized carbons (Fsp3) is 0.455. The summed E-state index contributed by atoms with van der Waals surface area (Å²) in [4.78, 5) is 9.15. The van der Waals surface area contributed by atoms with E-state index in [2.05, 4.69) is 4.72 Å². The van der Waals surface area contributed by atoms with E-state index in [9.17, 15) is 22.9 Å². The average Bonchev–Trinajstić information content (AvgIpc) is 2.35. The lowest BCUT2D eigenvalue weighted by atomic mass is 10.2. The van der Waals surface area contributed by atoms with Crippen molar-refractivity contribution in [1.29, 1.82) is 0 Å². The summed E-state index contributed by atoms with van der Waals surface area (Å²) in [6.07, 6.45) is 0.851. The van der Waals surface area contributed by atoms with Crippen molar-refractivity contribution in [3.8, 4) is 0 Å². The third-order valence-corrected chi connectivity index (χ3v) is 4.16. The van der Waals surface area contributed by atoms with Gasteiger partial charge in [0, 0.05) is 24.8 Å². The number of nitrogens with one attached hydrogen (secondary N) is 1. The Morgan fingerprint density at radius 2 is 2.15 bits per heavy atom. The molecule has 0 spiro atoms. The van der Waals surface area contributed by atoms with Crippen LogP contribution in [0, 0.1) is 15.9 Å². The van der Waals surface area contributed by atoms with Gasteiger partial charge in [-0.05, 0) is 25.8 Å². The van der Waals surface area contributed by atoms with Crippen LogP contribution in [0.5, 0.6) is 0 Å². The summed E-state index contributed by atoms with van der Waals surface area (Å²) in [6.45, 7) is 1.55. The molecule has 1 aromatic carbocycles. The fourth-order valence-corrected chi connectivity index (χ4v) is 2.88. The first kappa shape index (κ1) is 16.5. The molecule has 1 aromatic rings. The van der Waals surface area contributed by atoms with Gasteiger partial charge in [-0.3, -0.25) is 10.1 Å². The molecule has 0 aliphatic rings. The molecule has 0 aliphatic carbocycles. The number of hydrogen-bond donors (Lipinski definition) is 2. The van der Waals surface area contributed by atoms with Crippen molar-refractivity contribution in [3.05, 3.63) is 34.1 Å². The molecule has 1 unspecified atom stereocenters. The third-order valence-electron chi connectivity index (χ3n) is 2.58. The van der Waals surface area contributed by atoms with Gasteiger partial charge in [-0.25, -0.2) is 13.1 Å². The minimum Gasteiger partial charge on any atom is -0.396 e. The molecular weight excluding hydrogens is 291 g/mol. The van der Waals surface area contributed by atoms with Crippen LogP contribution < -0.4 is 4.72 Å². The summed E-state index contributed by atoms with van der Waals surface area (Å²) >= 11 is 0. The molecule has 0 heterocycles. The van der Waals surface area contributed by atoms with Crippen LogP contribution in [0.25, 0.3) is 0 Å². The summed E-state index contributed by atoms with van der Waals surface area (Å²) in [5, 5.41) is 19.1. The Morgan fingerprint density at radius 1 is 1.50 bits per heavy atom. The Labute approximate surface area is 115 Å². The SMILES string of the molecule is CC(CCCO)NS(=O)(=O)c1ccc([N+](=O)[O-])c(F)c1. The number of nitro benzene ring substituents is 1. The van der Waals surface area contributed by atoms with E-state index in [4.69, 9.17) is 5.11 Å². The van der Waals surface area contributed by atoms with Gasteiger partial charge in [0.25, 0.3) is 0 Å². The first-order valence-electron chi connectivity index (χ1n) is 5.85. The lowest BCUT2D eigenvalue weighted by molar-refractivity contribution is -0.387. The van der Waals surface area contributed by atoms with Crippen LogP contribution in [0.15, 0.2) is 23.1 Å². The number of nitro groups is 1. The average molecular weight is 306 g/mol. The molecule has 0 saturated carbocycles. The molecule has 0 radical (unpaired) electrons. The quantitative estimate of drug-likeness (QED) is 0.580. The van der Waals surface area contributed by atoms with Crippen LogP contribution in [-0.4, -0.2) is 31.1 Å². The predicted molar refractivity (Wildman–Crippen MR) is 69.2 cm³/mol. The molecule has 0 amide bonds. The number of aliphatic hydroxyl groups is 1. The van der Waals surface area contributed by atoms with Gasteiger partial charge in [0.05, 0.1) is 9.82 Å². The van der Waals surface area contributed by atoms with Crippen LogP contribution in [0.2, 0.25) is 0 Å². The molecule has 7 nitrogen and oxygen atoms in total. The third kappa shape index (κ3) is 4.22. The van der Waals surface area contributed by atoms with Gasteiger partial charge in [0.1, 0.15) is 0 Å². The molecule has 0 aromatic heterocycles. The molecule has 112 valence electrons. The van der Waals surface area contributed by atoms with Crippen molar-refractivity contribution in [1.82, 2.24) is 4.72 Å². The largest absolute Gasteiger partial charge is 0.396 e. The first-order valence-corrected chi connectivity index (χ1v) is 7.33. The lowest BCUT2D eigenvalue weighted by Gasteiger charge is -2.13. The number of benzene rings is 1. The van der Waals surface area contributed by atoms with E-state index in [1.807, 2.05) is 0 Å². The van der Waals surface area contributed by atoms with E-state index in [0.717, 1.165) is 12.1 Å². The maximum Gasteiger partial charge on any atom is 0.304 e. The molecule has 2 N–H and O–H groups in total. The van der Waals surface area contributed by atoms with Crippen LogP contribution in [0.4, 0.5) is 10.1 Å². The van der Waals surface area contributed by atoms with Gasteiger partial charge in [0.2, 0.25) is 15.8 Å². The van der Waals surface area contributed by atoms with Crippen molar-refractivity contribution < 1.29 is 22.8 Å². The zero-order valence-electron chi connectivity index (χ0n) is 10.7. The van der Waals surface area contributed by atoms with Gasteiger partial charge >= 0.3 is 5.69 Å². The molecule has 9 heteroatoms. The van der Waals surface area contributed by atoms with E-state index in [0.29, 0.717) is 18.9 Å². The second kappa shape index (κ2) is 6.73. The second-order valence-corrected chi connectivity index (χ2v) is 5.97. The van der Waals surface area contributed by atoms with Crippen molar-refractivity contribution in [2.24, 2.45) is 0 Å². The Balaban J connectivity index is 2.93. The van der Waals surface area contributed by atoms with Crippen molar-refractivity contribution in [2.45, 2.75) is 30.7 Å². The molecule has 0 aliphatic heterocycles. The van der Waals surface area contributed by atoms with Gasteiger partial charge in [-0.2, -0.15) is 4.39 Å². The highest BCUT2D eigenvalue weighted by molar-refractivity contribution is 7.89. The molecule has 0 saturated heterocycles. The first-order chi connectivity index (χ1) is 9.27. The molecule has 20 heavy (non-hydrogen) atoms. The van der Waals surface area contributed by atoms with Gasteiger partial charge < -0.3 is 5.11 Å². The van der Waals surface area contributed by atoms with Crippen LogP contribution >= 0.6 is 0 Å². The van der Waals surface area contributed by atoms with Gasteiger partial charge in [0.15, 0.2) is 0 Å². The van der Waals surface area contributed by atoms with Crippen LogP contribution in [0.3, 0.4) is 0 Å². The Bertz CT molecular complexity index is 590. The molecule has 0 bridgehead atoms. The summed E-state index contributed by atoms with van der Waals surface area (Å²) in [7, 11) is -3.95. The molecule has 0 fully saturated rings. The second-order valence-electron chi connectivity index (χ2n) is 4.26. The summed E-state index contributed by atoms with van der Waals surface area (Å²) < 4.78 is 39.6. The zero-order valence-corrected chi connectivity index (χ0v) is 11.6. The topological polar surface area (TPSA) is 110 Å². The van der Waals surface area contributed by atoms with E-state index in [1.54, 1.807) is 6.92 Å². The molecule has 1 atom stereocenters. The van der Waals surface area contributed by atoms with E-state index in [-0.39, 0.29) is 11.5 Å². The number of aliphatic hydroxyl groups excluding tert-OH is 1. The molecular formula is C11H15FN2O5S. The Kier molecular flexibility index (Phi) is 5.54. The monoisotopic (exact) mass is 306 g/mol. The number of rotatable bonds is 7. The van der Waals surface area contributed by atoms with Crippen molar-refractivity contribution in [3.63, 3.8) is 0 Å². The number of nitrogens with zero attached hydrogens (tertiary/aromatic N) is 1. The van der Waals surface area contributed by atoms with Crippen molar-refractivity contribution in [2.75, 3.05) is 6.61 Å². The summed E-state index contributed by atoms with van der Waals surface area (Å²) in [5.74, 6) is -1.21. The smallest absolute Gasteiger partial charge is 0.304 e. The maximum absolute atomic E-state index is 13.4. The minimum atomic E-state index is -3.95. The summed E-state index contributed by atoms with van der Waals surface area (Å²) in [5.41, 5.74) is -0.780. The normalized spacial score (nSPS) is 13.2. The van der Waals surface area contributed by atoms with E-state index in [1.165, 1.54) is 0 Å². The molecule has 1 rings (SSSR count). The van der Waals surface area contributed by atoms with Gasteiger partial charge in [-0.1, -0.05) is 0 Å². The zero-order chi connectivity index (χ0) is 15.3. The van der Waals surface area contributed by atoms with Crippen LogP contribution in [-0.2, 0) is 10.0 Å². The highest BCUT2D eigenvalue weighted by Gasteiger charge is 2.21. The Morgan fingerprint density at radius 3 is 2.65 bits per heavy atom. The van der Waals surface area contributed by atoms with Crippen molar-refractivity contribution >= 4 is 15.7 Å². The predicted octanol–water partition coefficient (Wildman–Crippen LogP) is 1.17.